The molecule has 0 spiro atoms. The Morgan fingerprint density at radius 1 is 1.44 bits per heavy atom. The normalized spacial score (nSPS) is 31.2. The molecule has 16 heavy (non-hydrogen) atoms. The highest BCUT2D eigenvalue weighted by Gasteiger charge is 2.38. The monoisotopic (exact) mass is 243 g/mol. The number of hydrogen-bond donors (Lipinski definition) is 1. The molecule has 3 nitrogen and oxygen atoms in total. The summed E-state index contributed by atoms with van der Waals surface area (Å²) >= 11 is 2.04. The van der Waals surface area contributed by atoms with Crippen molar-refractivity contribution in [3.05, 3.63) is 0 Å². The molecule has 1 atom stereocenters. The molecule has 2 aliphatic rings. The average Bonchev–Trinajstić information content (AvgIpc) is 2.31. The van der Waals surface area contributed by atoms with E-state index >= 15 is 0 Å². The maximum Gasteiger partial charge on any atom is 0.309 e. The second-order valence-electron chi connectivity index (χ2n) is 5.27. The van der Waals surface area contributed by atoms with Gasteiger partial charge in [-0.3, -0.25) is 9.69 Å². The third-order valence-corrected chi connectivity index (χ3v) is 5.27. The topological polar surface area (TPSA) is 40.5 Å². The molecular formula is C12H21NO2S. The smallest absolute Gasteiger partial charge is 0.309 e. The van der Waals surface area contributed by atoms with Crippen LogP contribution in [0, 0.1) is 5.41 Å². The molecule has 1 N–H and O–H groups in total. The Kier molecular flexibility index (Phi) is 3.80. The van der Waals surface area contributed by atoms with Gasteiger partial charge in [0.05, 0.1) is 5.41 Å². The van der Waals surface area contributed by atoms with Gasteiger partial charge in [0.25, 0.3) is 0 Å². The first-order valence-electron chi connectivity index (χ1n) is 6.17. The van der Waals surface area contributed by atoms with Gasteiger partial charge in [0.1, 0.15) is 0 Å². The van der Waals surface area contributed by atoms with E-state index in [0.29, 0.717) is 6.04 Å². The average molecular weight is 243 g/mol. The zero-order valence-electron chi connectivity index (χ0n) is 9.95. The Bertz CT molecular complexity index is 256. The highest BCUT2D eigenvalue weighted by atomic mass is 32.2. The number of piperidine rings is 1. The summed E-state index contributed by atoms with van der Waals surface area (Å²) in [6.07, 6.45) is 4.24. The van der Waals surface area contributed by atoms with Gasteiger partial charge in [-0.15, -0.1) is 0 Å². The third kappa shape index (κ3) is 2.54. The quantitative estimate of drug-likeness (QED) is 0.806. The lowest BCUT2D eigenvalue weighted by atomic mass is 9.80. The van der Waals surface area contributed by atoms with Crippen molar-refractivity contribution < 1.29 is 9.90 Å². The van der Waals surface area contributed by atoms with Gasteiger partial charge in [0.15, 0.2) is 0 Å². The van der Waals surface area contributed by atoms with Crippen LogP contribution in [0.3, 0.4) is 0 Å². The van der Waals surface area contributed by atoms with Gasteiger partial charge < -0.3 is 5.11 Å². The summed E-state index contributed by atoms with van der Waals surface area (Å²) in [6.45, 7) is 3.82. The van der Waals surface area contributed by atoms with Crippen molar-refractivity contribution in [3.8, 4) is 0 Å². The molecular weight excluding hydrogens is 222 g/mol. The van der Waals surface area contributed by atoms with Gasteiger partial charge in [-0.05, 0) is 51.4 Å². The largest absolute Gasteiger partial charge is 0.481 e. The van der Waals surface area contributed by atoms with Crippen LogP contribution in [0.5, 0.6) is 0 Å². The van der Waals surface area contributed by atoms with Gasteiger partial charge in [-0.2, -0.15) is 11.8 Å². The van der Waals surface area contributed by atoms with Crippen molar-refractivity contribution in [2.24, 2.45) is 5.41 Å². The summed E-state index contributed by atoms with van der Waals surface area (Å²) in [6, 6.07) is 0.706. The van der Waals surface area contributed by atoms with Crippen LogP contribution >= 0.6 is 11.8 Å². The summed E-state index contributed by atoms with van der Waals surface area (Å²) in [4.78, 5) is 13.6. The van der Waals surface area contributed by atoms with Crippen LogP contribution in [0.25, 0.3) is 0 Å². The second kappa shape index (κ2) is 4.96. The fourth-order valence-electron chi connectivity index (χ4n) is 2.61. The lowest BCUT2D eigenvalue weighted by Crippen LogP contribution is -2.48. The Hall–Kier alpha value is -0.220. The Labute approximate surface area is 102 Å². The van der Waals surface area contributed by atoms with Crippen molar-refractivity contribution >= 4 is 17.7 Å². The van der Waals surface area contributed by atoms with Crippen molar-refractivity contribution in [1.82, 2.24) is 4.90 Å². The number of nitrogens with zero attached hydrogens (tertiary/aromatic N) is 1. The molecule has 2 fully saturated rings. The number of likely N-dealkylation sites (tertiary alicyclic amines) is 1. The molecule has 0 aromatic heterocycles. The fraction of sp³-hybridized carbons (Fsp3) is 0.917. The van der Waals surface area contributed by atoms with Crippen molar-refractivity contribution in [2.75, 3.05) is 24.6 Å². The molecule has 0 amide bonds. The highest BCUT2D eigenvalue weighted by Crippen LogP contribution is 2.33. The summed E-state index contributed by atoms with van der Waals surface area (Å²) in [5, 5.41) is 9.17. The molecule has 0 aliphatic carbocycles. The fourth-order valence-corrected chi connectivity index (χ4v) is 3.80. The van der Waals surface area contributed by atoms with Gasteiger partial charge in [-0.25, -0.2) is 0 Å². The van der Waals surface area contributed by atoms with Gasteiger partial charge in [-0.1, -0.05) is 0 Å². The van der Waals surface area contributed by atoms with E-state index in [4.69, 9.17) is 0 Å². The Balaban J connectivity index is 1.87. The van der Waals surface area contributed by atoms with Crippen LogP contribution in [-0.2, 0) is 4.79 Å². The van der Waals surface area contributed by atoms with E-state index in [-0.39, 0.29) is 0 Å². The summed E-state index contributed by atoms with van der Waals surface area (Å²) in [7, 11) is 0. The first kappa shape index (κ1) is 12.2. The van der Waals surface area contributed by atoms with Crippen molar-refractivity contribution in [3.63, 3.8) is 0 Å². The summed E-state index contributed by atoms with van der Waals surface area (Å²) < 4.78 is 0. The molecule has 2 rings (SSSR count). The minimum Gasteiger partial charge on any atom is -0.481 e. The lowest BCUT2D eigenvalue weighted by Gasteiger charge is -2.41. The molecule has 0 bridgehead atoms. The van der Waals surface area contributed by atoms with Crippen LogP contribution < -0.4 is 0 Å². The highest BCUT2D eigenvalue weighted by molar-refractivity contribution is 7.99. The molecule has 92 valence electrons. The van der Waals surface area contributed by atoms with Crippen LogP contribution in [0.1, 0.15) is 32.6 Å². The van der Waals surface area contributed by atoms with Gasteiger partial charge in [0.2, 0.25) is 0 Å². The molecule has 2 heterocycles. The van der Waals surface area contributed by atoms with E-state index in [9.17, 15) is 9.90 Å². The molecule has 0 radical (unpaired) electrons. The zero-order chi connectivity index (χ0) is 11.6. The Morgan fingerprint density at radius 2 is 2.12 bits per heavy atom. The molecule has 4 heteroatoms. The van der Waals surface area contributed by atoms with E-state index in [1.807, 2.05) is 18.7 Å². The first-order chi connectivity index (χ1) is 7.62. The van der Waals surface area contributed by atoms with Crippen molar-refractivity contribution in [2.45, 2.75) is 38.6 Å². The van der Waals surface area contributed by atoms with Crippen LogP contribution in [0.4, 0.5) is 0 Å². The third-order valence-electron chi connectivity index (χ3n) is 4.07. The molecule has 0 aromatic rings. The SMILES string of the molecule is CC1(C(=O)O)CCN(C2CCCSC2)CC1. The van der Waals surface area contributed by atoms with Crippen molar-refractivity contribution in [1.29, 1.82) is 0 Å². The molecule has 1 unspecified atom stereocenters. The summed E-state index contributed by atoms with van der Waals surface area (Å²) in [5.41, 5.74) is -0.474. The van der Waals surface area contributed by atoms with E-state index in [0.717, 1.165) is 25.9 Å². The second-order valence-corrected chi connectivity index (χ2v) is 6.42. The number of rotatable bonds is 2. The standard InChI is InChI=1S/C12H21NO2S/c1-12(11(14)15)4-6-13(7-5-12)10-3-2-8-16-9-10/h10H,2-9H2,1H3,(H,14,15). The maximum atomic E-state index is 11.1. The minimum atomic E-state index is -0.620. The summed E-state index contributed by atoms with van der Waals surface area (Å²) in [5.74, 6) is 1.92. The van der Waals surface area contributed by atoms with Gasteiger partial charge in [0, 0.05) is 11.8 Å². The number of hydrogen-bond acceptors (Lipinski definition) is 3. The van der Waals surface area contributed by atoms with Crippen LogP contribution in [-0.4, -0.2) is 46.6 Å². The number of carbonyl (C=O) groups is 1. The molecule has 2 saturated heterocycles. The van der Waals surface area contributed by atoms with E-state index < -0.39 is 11.4 Å². The predicted octanol–water partition coefficient (Wildman–Crippen LogP) is 2.07. The molecule has 0 aromatic carbocycles. The van der Waals surface area contributed by atoms with E-state index in [1.165, 1.54) is 24.3 Å². The maximum absolute atomic E-state index is 11.1. The number of carboxylic acid groups (broad SMARTS) is 1. The zero-order valence-corrected chi connectivity index (χ0v) is 10.8. The van der Waals surface area contributed by atoms with Crippen LogP contribution in [0.2, 0.25) is 0 Å². The first-order valence-corrected chi connectivity index (χ1v) is 7.32. The molecule has 2 aliphatic heterocycles. The Morgan fingerprint density at radius 3 is 2.62 bits per heavy atom. The van der Waals surface area contributed by atoms with Gasteiger partial charge >= 0.3 is 5.97 Å². The number of carboxylic acids is 1. The van der Waals surface area contributed by atoms with E-state index in [2.05, 4.69) is 4.90 Å². The molecule has 0 saturated carbocycles. The number of thioether (sulfide) groups is 1. The van der Waals surface area contributed by atoms with Crippen LogP contribution in [0.15, 0.2) is 0 Å². The number of aliphatic carboxylic acids is 1. The predicted molar refractivity (Wildman–Crippen MR) is 66.9 cm³/mol. The minimum absolute atomic E-state index is 0.474. The van der Waals surface area contributed by atoms with E-state index in [1.54, 1.807) is 0 Å². The lowest BCUT2D eigenvalue weighted by molar-refractivity contribution is -0.151.